The fourth-order valence-electron chi connectivity index (χ4n) is 4.24. The predicted octanol–water partition coefficient (Wildman–Crippen LogP) is 4.34. The Kier molecular flexibility index (Phi) is 5.95. The Balaban J connectivity index is 1.55. The summed E-state index contributed by atoms with van der Waals surface area (Å²) in [6, 6.07) is 23.7. The third kappa shape index (κ3) is 4.23. The lowest BCUT2D eigenvalue weighted by atomic mass is 10.0. The molecule has 0 bridgehead atoms. The molecular formula is C26H22BrN3O4. The number of hydrogen-bond acceptors (Lipinski definition) is 6. The van der Waals surface area contributed by atoms with Gasteiger partial charge in [-0.05, 0) is 59.5 Å². The Labute approximate surface area is 205 Å². The van der Waals surface area contributed by atoms with Gasteiger partial charge in [0.05, 0.1) is 11.7 Å². The van der Waals surface area contributed by atoms with E-state index in [9.17, 15) is 15.2 Å². The fourth-order valence-corrected chi connectivity index (χ4v) is 4.51. The third-order valence-corrected chi connectivity index (χ3v) is 6.49. The average Bonchev–Trinajstić information content (AvgIpc) is 3.14. The van der Waals surface area contributed by atoms with E-state index in [0.29, 0.717) is 18.0 Å². The van der Waals surface area contributed by atoms with E-state index in [1.165, 1.54) is 4.90 Å². The van der Waals surface area contributed by atoms with E-state index in [1.807, 2.05) is 54.6 Å². The second-order valence-corrected chi connectivity index (χ2v) is 9.22. The van der Waals surface area contributed by atoms with Crippen LogP contribution in [-0.2, 0) is 22.5 Å². The van der Waals surface area contributed by atoms with E-state index in [1.54, 1.807) is 30.5 Å². The third-order valence-electron chi connectivity index (χ3n) is 5.96. The minimum absolute atomic E-state index is 0.0794. The van der Waals surface area contributed by atoms with E-state index in [-0.39, 0.29) is 18.2 Å². The van der Waals surface area contributed by atoms with Gasteiger partial charge in [-0.25, -0.2) is 10.2 Å². The van der Waals surface area contributed by atoms with Crippen molar-refractivity contribution < 1.29 is 20.0 Å². The molecule has 2 aliphatic rings. The number of nitrogens with zero attached hydrogens (tertiary/aromatic N) is 2. The summed E-state index contributed by atoms with van der Waals surface area (Å²) in [5.41, 5.74) is 1.59. The Morgan fingerprint density at radius 3 is 2.38 bits per heavy atom. The summed E-state index contributed by atoms with van der Waals surface area (Å²) in [5, 5.41) is 23.1. The first kappa shape index (κ1) is 22.3. The van der Waals surface area contributed by atoms with Crippen LogP contribution in [0.1, 0.15) is 16.7 Å². The number of aromatic hydroxyl groups is 1. The van der Waals surface area contributed by atoms with Crippen molar-refractivity contribution in [2.45, 2.75) is 24.6 Å². The number of benzene rings is 3. The van der Waals surface area contributed by atoms with Crippen LogP contribution in [0.5, 0.6) is 5.75 Å². The summed E-state index contributed by atoms with van der Waals surface area (Å²) in [5.74, 6) is 0.161. The molecule has 8 heteroatoms. The number of nitrogens with one attached hydrogen (secondary N) is 1. The molecule has 0 saturated heterocycles. The number of amides is 1. The van der Waals surface area contributed by atoms with Crippen molar-refractivity contribution in [1.82, 2.24) is 10.2 Å². The summed E-state index contributed by atoms with van der Waals surface area (Å²) < 4.78 is 0.908. The zero-order chi connectivity index (χ0) is 23.7. The first-order chi connectivity index (χ1) is 16.5. The number of rotatable bonds is 6. The van der Waals surface area contributed by atoms with Gasteiger partial charge >= 0.3 is 0 Å². The Morgan fingerprint density at radius 2 is 1.71 bits per heavy atom. The molecule has 0 radical (unpaired) electrons. The van der Waals surface area contributed by atoms with Crippen LogP contribution in [0, 0.1) is 0 Å². The molecule has 172 valence electrons. The van der Waals surface area contributed by atoms with Crippen LogP contribution < -0.4 is 5.32 Å². The molecule has 0 fully saturated rings. The van der Waals surface area contributed by atoms with Crippen molar-refractivity contribution in [1.29, 1.82) is 0 Å². The monoisotopic (exact) mass is 519 g/mol. The van der Waals surface area contributed by atoms with Crippen molar-refractivity contribution in [3.05, 3.63) is 106 Å². The topological polar surface area (TPSA) is 94.4 Å². The molecular weight excluding hydrogens is 498 g/mol. The van der Waals surface area contributed by atoms with E-state index in [2.05, 4.69) is 26.2 Å². The van der Waals surface area contributed by atoms with Crippen LogP contribution >= 0.6 is 15.9 Å². The van der Waals surface area contributed by atoms with Gasteiger partial charge in [-0.15, -0.1) is 0 Å². The zero-order valence-corrected chi connectivity index (χ0v) is 19.6. The van der Waals surface area contributed by atoms with Gasteiger partial charge in [-0.1, -0.05) is 58.4 Å². The summed E-state index contributed by atoms with van der Waals surface area (Å²) in [4.78, 5) is 24.5. The standard InChI is InChI=1S/C26H22BrN3O4/c27-20-10-6-18(7-11-20)15-26(34-33)25(32)30-16-23(19-8-12-21(31)13-9-19)28-22(24(30)29-26)14-17-4-2-1-3-5-17/h1-13,16,22,28,31,33H,14-15H2/t22-,26-/m0/s1. The number of amidine groups is 1. The lowest BCUT2D eigenvalue weighted by Gasteiger charge is -2.31. The van der Waals surface area contributed by atoms with E-state index in [0.717, 1.165) is 21.2 Å². The number of phenolic OH excluding ortho intramolecular Hbond substituents is 1. The van der Waals surface area contributed by atoms with Crippen LogP contribution in [0.3, 0.4) is 0 Å². The van der Waals surface area contributed by atoms with Crippen LogP contribution in [0.4, 0.5) is 0 Å². The molecule has 1 amide bonds. The zero-order valence-electron chi connectivity index (χ0n) is 18.1. The Morgan fingerprint density at radius 1 is 1.00 bits per heavy atom. The van der Waals surface area contributed by atoms with Gasteiger partial charge in [0.1, 0.15) is 11.6 Å². The van der Waals surface area contributed by atoms with E-state index in [4.69, 9.17) is 4.89 Å². The lowest BCUT2D eigenvalue weighted by molar-refractivity contribution is -0.308. The van der Waals surface area contributed by atoms with Crippen molar-refractivity contribution in [3.8, 4) is 5.75 Å². The minimum atomic E-state index is -1.78. The first-order valence-corrected chi connectivity index (χ1v) is 11.6. The predicted molar refractivity (Wildman–Crippen MR) is 132 cm³/mol. The number of aliphatic imine (C=N–C) groups is 1. The molecule has 2 atom stereocenters. The molecule has 0 saturated carbocycles. The van der Waals surface area contributed by atoms with Crippen molar-refractivity contribution >= 4 is 33.4 Å². The second kappa shape index (κ2) is 9.06. The first-order valence-electron chi connectivity index (χ1n) is 10.8. The molecule has 0 spiro atoms. The number of carbonyl (C=O) groups is 1. The van der Waals surface area contributed by atoms with Crippen LogP contribution in [-0.4, -0.2) is 38.8 Å². The van der Waals surface area contributed by atoms with E-state index < -0.39 is 11.6 Å². The van der Waals surface area contributed by atoms with E-state index >= 15 is 0 Å². The van der Waals surface area contributed by atoms with Crippen molar-refractivity contribution in [2.24, 2.45) is 4.99 Å². The smallest absolute Gasteiger partial charge is 0.290 e. The quantitative estimate of drug-likeness (QED) is 0.332. The van der Waals surface area contributed by atoms with Gasteiger partial charge in [-0.3, -0.25) is 9.69 Å². The normalized spacial score (nSPS) is 21.5. The number of phenols is 1. The molecule has 0 aromatic heterocycles. The number of hydrogen-bond donors (Lipinski definition) is 3. The summed E-state index contributed by atoms with van der Waals surface area (Å²) in [6.07, 6.45) is 2.31. The molecule has 7 nitrogen and oxygen atoms in total. The summed E-state index contributed by atoms with van der Waals surface area (Å²) >= 11 is 3.41. The molecule has 2 aliphatic heterocycles. The number of halogens is 1. The number of fused-ring (bicyclic) bond motifs is 1. The Bertz CT molecular complexity index is 1260. The van der Waals surface area contributed by atoms with Gasteiger partial charge in [0, 0.05) is 17.1 Å². The maximum Gasteiger partial charge on any atom is 0.290 e. The molecule has 0 aliphatic carbocycles. The largest absolute Gasteiger partial charge is 0.508 e. The van der Waals surface area contributed by atoms with Crippen LogP contribution in [0.15, 0.2) is 94.5 Å². The highest BCUT2D eigenvalue weighted by Gasteiger charge is 2.52. The summed E-state index contributed by atoms with van der Waals surface area (Å²) in [6.45, 7) is 0. The molecule has 5 rings (SSSR count). The van der Waals surface area contributed by atoms with Crippen molar-refractivity contribution in [3.63, 3.8) is 0 Å². The van der Waals surface area contributed by atoms with Crippen LogP contribution in [0.25, 0.3) is 5.70 Å². The maximum absolute atomic E-state index is 13.6. The number of carbonyl (C=O) groups excluding carboxylic acids is 1. The highest BCUT2D eigenvalue weighted by atomic mass is 79.9. The molecule has 0 unspecified atom stereocenters. The average molecular weight is 520 g/mol. The molecule has 34 heavy (non-hydrogen) atoms. The summed E-state index contributed by atoms with van der Waals surface area (Å²) in [7, 11) is 0. The van der Waals surface area contributed by atoms with Gasteiger partial charge in [0.25, 0.3) is 11.6 Å². The minimum Gasteiger partial charge on any atom is -0.508 e. The SMILES string of the molecule is O=C1N2C=C(c3ccc(O)cc3)N[C@@H](Cc3ccccc3)C2=N[C@@]1(Cc1ccc(Br)cc1)OO. The molecule has 3 aromatic rings. The highest BCUT2D eigenvalue weighted by Crippen LogP contribution is 2.34. The maximum atomic E-state index is 13.6. The van der Waals surface area contributed by atoms with Gasteiger partial charge in [0.2, 0.25) is 0 Å². The van der Waals surface area contributed by atoms with Gasteiger partial charge in [-0.2, -0.15) is 4.89 Å². The fraction of sp³-hybridized carbons (Fsp3) is 0.154. The molecule has 3 N–H and O–H groups in total. The van der Waals surface area contributed by atoms with Crippen LogP contribution in [0.2, 0.25) is 0 Å². The Hall–Kier alpha value is -3.46. The second-order valence-electron chi connectivity index (χ2n) is 8.30. The highest BCUT2D eigenvalue weighted by molar-refractivity contribution is 9.10. The van der Waals surface area contributed by atoms with Crippen molar-refractivity contribution in [2.75, 3.05) is 0 Å². The van der Waals surface area contributed by atoms with Gasteiger partial charge in [0.15, 0.2) is 0 Å². The molecule has 3 aromatic carbocycles. The van der Waals surface area contributed by atoms with Gasteiger partial charge < -0.3 is 10.4 Å². The lowest BCUT2D eigenvalue weighted by Crippen LogP contribution is -2.50. The molecule has 2 heterocycles.